The first-order chi connectivity index (χ1) is 20.8. The van der Waals surface area contributed by atoms with Gasteiger partial charge in [-0.1, -0.05) is 74.2 Å². The number of piperidine rings is 1. The first-order valence-corrected chi connectivity index (χ1v) is 14.5. The molecule has 1 saturated heterocycles. The average Bonchev–Trinajstić information content (AvgIpc) is 3.03. The summed E-state index contributed by atoms with van der Waals surface area (Å²) in [6.45, 7) is 6.90. The van der Waals surface area contributed by atoms with Crippen LogP contribution in [0.4, 0.5) is 9.18 Å². The average molecular weight is 579 g/mol. The number of carbonyl (C=O) groups excluding carboxylic acids is 2. The van der Waals surface area contributed by atoms with Gasteiger partial charge in [0.25, 0.3) is 0 Å². The molecule has 220 valence electrons. The van der Waals surface area contributed by atoms with Crippen LogP contribution in [-0.4, -0.2) is 35.1 Å². The Morgan fingerprint density at radius 2 is 1.67 bits per heavy atom. The summed E-state index contributed by atoms with van der Waals surface area (Å²) >= 11 is 0. The number of nitrogens with zero attached hydrogens (tertiary/aromatic N) is 1. The van der Waals surface area contributed by atoms with Gasteiger partial charge >= 0.3 is 6.09 Å². The lowest BCUT2D eigenvalue weighted by Crippen LogP contribution is -2.53. The molecule has 0 saturated carbocycles. The molecule has 0 radical (unpaired) electrons. The molecule has 5 rings (SSSR count). The number of carbonyl (C=O) groups is 2. The monoisotopic (exact) mass is 578 g/mol. The van der Waals surface area contributed by atoms with Crippen molar-refractivity contribution in [3.8, 4) is 11.5 Å². The highest BCUT2D eigenvalue weighted by molar-refractivity contribution is 5.89. The largest absolute Gasteiger partial charge is 0.508 e. The number of nitrogens with one attached hydrogen (secondary N) is 1. The smallest absolute Gasteiger partial charge is 0.415 e. The zero-order valence-electron chi connectivity index (χ0n) is 24.2. The molecular weight excluding hydrogens is 543 g/mol. The minimum atomic E-state index is -0.926. The SMILES string of the molecule is C=C/C(=C\CC)c1ccc(CNC(=O)C2(c3ccc(F)cc3)CCN(C(=O)Oc3ccc4ccc(O)cc4c3)CC2)cc1. The molecule has 1 heterocycles. The quantitative estimate of drug-likeness (QED) is 0.212. The zero-order chi connectivity index (χ0) is 30.4. The number of amides is 2. The minimum absolute atomic E-state index is 0.130. The van der Waals surface area contributed by atoms with Gasteiger partial charge in [0.1, 0.15) is 17.3 Å². The van der Waals surface area contributed by atoms with Crippen LogP contribution in [0, 0.1) is 5.82 Å². The van der Waals surface area contributed by atoms with E-state index in [1.165, 1.54) is 12.1 Å². The van der Waals surface area contributed by atoms with Crippen LogP contribution in [0.5, 0.6) is 11.5 Å². The minimum Gasteiger partial charge on any atom is -0.508 e. The van der Waals surface area contributed by atoms with Crippen LogP contribution in [0.2, 0.25) is 0 Å². The Balaban J connectivity index is 1.28. The van der Waals surface area contributed by atoms with Crippen molar-refractivity contribution in [1.29, 1.82) is 0 Å². The molecule has 0 atom stereocenters. The number of fused-ring (bicyclic) bond motifs is 1. The third kappa shape index (κ3) is 6.61. The number of benzene rings is 4. The van der Waals surface area contributed by atoms with E-state index < -0.39 is 11.5 Å². The normalized spacial score (nSPS) is 14.7. The molecule has 0 aliphatic carbocycles. The lowest BCUT2D eigenvalue weighted by Gasteiger charge is -2.40. The maximum atomic E-state index is 13.8. The summed E-state index contributed by atoms with van der Waals surface area (Å²) in [5, 5.41) is 14.6. The van der Waals surface area contributed by atoms with Gasteiger partial charge in [0.15, 0.2) is 0 Å². The molecule has 1 aliphatic heterocycles. The Kier molecular flexibility index (Phi) is 8.90. The number of hydrogen-bond acceptors (Lipinski definition) is 4. The van der Waals surface area contributed by atoms with E-state index in [0.717, 1.165) is 33.9 Å². The molecule has 7 heteroatoms. The van der Waals surface area contributed by atoms with Crippen LogP contribution in [0.1, 0.15) is 42.9 Å². The number of hydrogen-bond donors (Lipinski definition) is 2. The zero-order valence-corrected chi connectivity index (χ0v) is 24.2. The molecule has 1 fully saturated rings. The molecule has 43 heavy (non-hydrogen) atoms. The Hall–Kier alpha value is -4.91. The summed E-state index contributed by atoms with van der Waals surface area (Å²) in [5.74, 6) is -0.0404. The summed E-state index contributed by atoms with van der Waals surface area (Å²) in [6, 6.07) is 24.3. The predicted octanol–water partition coefficient (Wildman–Crippen LogP) is 7.51. The topological polar surface area (TPSA) is 78.9 Å². The van der Waals surface area contributed by atoms with E-state index in [1.54, 1.807) is 47.4 Å². The van der Waals surface area contributed by atoms with Crippen molar-refractivity contribution in [3.05, 3.63) is 126 Å². The third-order valence-corrected chi connectivity index (χ3v) is 8.09. The van der Waals surface area contributed by atoms with Gasteiger partial charge in [0, 0.05) is 19.6 Å². The van der Waals surface area contributed by atoms with E-state index in [1.807, 2.05) is 36.4 Å². The van der Waals surface area contributed by atoms with Gasteiger partial charge in [0.2, 0.25) is 5.91 Å². The van der Waals surface area contributed by atoms with Crippen LogP contribution in [0.25, 0.3) is 16.3 Å². The number of rotatable bonds is 8. The molecule has 0 bridgehead atoms. The van der Waals surface area contributed by atoms with Crippen molar-refractivity contribution in [3.63, 3.8) is 0 Å². The molecular formula is C36H35FN2O4. The second kappa shape index (κ2) is 12.9. The standard InChI is InChI=1S/C36H35FN2O4/c1-3-5-26(4-2)27-8-6-25(7-9-27)24-38-34(41)36(30-12-14-31(37)15-13-30)18-20-39(21-19-36)35(42)43-33-17-11-28-10-16-32(40)22-29(28)23-33/h4-17,22-23,40H,2-3,18-21,24H2,1H3,(H,38,41)/b26-5+. The van der Waals surface area contributed by atoms with Gasteiger partial charge in [-0.25, -0.2) is 9.18 Å². The maximum absolute atomic E-state index is 13.8. The van der Waals surface area contributed by atoms with Crippen LogP contribution in [0.3, 0.4) is 0 Å². The van der Waals surface area contributed by atoms with Gasteiger partial charge in [-0.05, 0) is 88.7 Å². The fourth-order valence-electron chi connectivity index (χ4n) is 5.63. The summed E-state index contributed by atoms with van der Waals surface area (Å²) in [4.78, 5) is 28.5. The van der Waals surface area contributed by atoms with Gasteiger partial charge in [-0.3, -0.25) is 4.79 Å². The number of phenols is 1. The van der Waals surface area contributed by atoms with Crippen LogP contribution in [-0.2, 0) is 16.8 Å². The molecule has 2 amide bonds. The van der Waals surface area contributed by atoms with E-state index in [0.29, 0.717) is 43.8 Å². The van der Waals surface area contributed by atoms with E-state index >= 15 is 0 Å². The van der Waals surface area contributed by atoms with Crippen molar-refractivity contribution >= 4 is 28.3 Å². The fraction of sp³-hybridized carbons (Fsp3) is 0.222. The third-order valence-electron chi connectivity index (χ3n) is 8.09. The van der Waals surface area contributed by atoms with E-state index in [9.17, 15) is 19.1 Å². The number of halogens is 1. The molecule has 1 aliphatic rings. The number of allylic oxidation sites excluding steroid dienone is 3. The van der Waals surface area contributed by atoms with Crippen molar-refractivity contribution < 1.29 is 23.8 Å². The Morgan fingerprint density at radius 3 is 2.35 bits per heavy atom. The highest BCUT2D eigenvalue weighted by Crippen LogP contribution is 2.37. The number of ether oxygens (including phenoxy) is 1. The lowest BCUT2D eigenvalue weighted by molar-refractivity contribution is -0.128. The first kappa shape index (κ1) is 29.6. The number of phenolic OH excluding ortho intramolecular Hbond substituents is 1. The van der Waals surface area contributed by atoms with Crippen molar-refractivity contribution in [2.75, 3.05) is 13.1 Å². The molecule has 4 aromatic rings. The lowest BCUT2D eigenvalue weighted by atomic mass is 9.72. The number of aromatic hydroxyl groups is 1. The first-order valence-electron chi connectivity index (χ1n) is 14.5. The van der Waals surface area contributed by atoms with Crippen LogP contribution >= 0.6 is 0 Å². The fourth-order valence-corrected chi connectivity index (χ4v) is 5.63. The highest BCUT2D eigenvalue weighted by atomic mass is 19.1. The van der Waals surface area contributed by atoms with E-state index in [2.05, 4.69) is 24.9 Å². The highest BCUT2D eigenvalue weighted by Gasteiger charge is 2.44. The molecule has 0 spiro atoms. The van der Waals surface area contributed by atoms with Crippen LogP contribution < -0.4 is 10.1 Å². The number of likely N-dealkylation sites (tertiary alicyclic amines) is 1. The predicted molar refractivity (Wildman–Crippen MR) is 167 cm³/mol. The van der Waals surface area contributed by atoms with E-state index in [-0.39, 0.29) is 17.5 Å². The molecule has 0 aromatic heterocycles. The van der Waals surface area contributed by atoms with Crippen molar-refractivity contribution in [2.24, 2.45) is 0 Å². The van der Waals surface area contributed by atoms with Crippen molar-refractivity contribution in [2.45, 2.75) is 38.1 Å². The van der Waals surface area contributed by atoms with E-state index in [4.69, 9.17) is 4.74 Å². The van der Waals surface area contributed by atoms with Crippen LogP contribution in [0.15, 0.2) is 104 Å². The Labute approximate surface area is 251 Å². The molecule has 2 N–H and O–H groups in total. The Bertz CT molecular complexity index is 1650. The second-order valence-corrected chi connectivity index (χ2v) is 10.8. The van der Waals surface area contributed by atoms with Gasteiger partial charge < -0.3 is 20.1 Å². The maximum Gasteiger partial charge on any atom is 0.415 e. The summed E-state index contributed by atoms with van der Waals surface area (Å²) in [7, 11) is 0. The molecule has 0 unspecified atom stereocenters. The molecule has 4 aromatic carbocycles. The summed E-state index contributed by atoms with van der Waals surface area (Å²) in [6.07, 6.45) is 5.07. The summed E-state index contributed by atoms with van der Waals surface area (Å²) < 4.78 is 19.5. The Morgan fingerprint density at radius 1 is 0.977 bits per heavy atom. The van der Waals surface area contributed by atoms with Gasteiger partial charge in [-0.15, -0.1) is 0 Å². The van der Waals surface area contributed by atoms with Gasteiger partial charge in [0.05, 0.1) is 5.41 Å². The van der Waals surface area contributed by atoms with Gasteiger partial charge in [-0.2, -0.15) is 0 Å². The van der Waals surface area contributed by atoms with Crippen molar-refractivity contribution in [1.82, 2.24) is 10.2 Å². The summed E-state index contributed by atoms with van der Waals surface area (Å²) in [5.41, 5.74) is 2.87. The molecule has 6 nitrogen and oxygen atoms in total. The second-order valence-electron chi connectivity index (χ2n) is 10.8.